The second kappa shape index (κ2) is 5.73. The molecule has 2 heterocycles. The number of halogens is 1. The summed E-state index contributed by atoms with van der Waals surface area (Å²) in [4.78, 5) is 11.4. The molecule has 0 saturated heterocycles. The van der Waals surface area contributed by atoms with Gasteiger partial charge in [-0.2, -0.15) is 0 Å². The van der Waals surface area contributed by atoms with Gasteiger partial charge in [-0.15, -0.1) is 21.5 Å². The molecule has 2 aromatic rings. The third-order valence-electron chi connectivity index (χ3n) is 2.18. The van der Waals surface area contributed by atoms with E-state index in [0.29, 0.717) is 22.5 Å². The van der Waals surface area contributed by atoms with Crippen LogP contribution in [0.4, 0.5) is 0 Å². The van der Waals surface area contributed by atoms with Gasteiger partial charge in [0.25, 0.3) is 0 Å². The highest BCUT2D eigenvalue weighted by atomic mass is 35.5. The minimum absolute atomic E-state index is 0.0314. The molecule has 5 nitrogen and oxygen atoms in total. The van der Waals surface area contributed by atoms with Gasteiger partial charge in [-0.25, -0.2) is 0 Å². The van der Waals surface area contributed by atoms with E-state index in [4.69, 9.17) is 16.7 Å². The first-order valence-electron chi connectivity index (χ1n) is 5.14. The highest BCUT2D eigenvalue weighted by molar-refractivity contribution is 7.99. The lowest BCUT2D eigenvalue weighted by Crippen LogP contribution is -2.03. The lowest BCUT2D eigenvalue weighted by atomic mass is 10.4. The van der Waals surface area contributed by atoms with Crippen molar-refractivity contribution in [3.63, 3.8) is 0 Å². The molecule has 18 heavy (non-hydrogen) atoms. The summed E-state index contributed by atoms with van der Waals surface area (Å²) in [6.45, 7) is 2.62. The molecule has 0 aromatic carbocycles. The first-order valence-corrected chi connectivity index (χ1v) is 7.39. The van der Waals surface area contributed by atoms with Crippen molar-refractivity contribution in [1.29, 1.82) is 0 Å². The van der Waals surface area contributed by atoms with Crippen molar-refractivity contribution >= 4 is 40.7 Å². The Morgan fingerprint density at radius 1 is 1.61 bits per heavy atom. The maximum Gasteiger partial charge on any atom is 0.313 e. The average molecular weight is 304 g/mol. The van der Waals surface area contributed by atoms with Crippen LogP contribution in [0.25, 0.3) is 10.7 Å². The number of thioether (sulfide) groups is 1. The largest absolute Gasteiger partial charge is 0.481 e. The highest BCUT2D eigenvalue weighted by Gasteiger charge is 2.17. The summed E-state index contributed by atoms with van der Waals surface area (Å²) in [5, 5.41) is 19.9. The SMILES string of the molecule is CCn1c(SCC(=O)O)nnc1-c1sccc1Cl. The number of aliphatic carboxylic acids is 1. The lowest BCUT2D eigenvalue weighted by molar-refractivity contribution is -0.133. The minimum atomic E-state index is -0.874. The minimum Gasteiger partial charge on any atom is -0.481 e. The van der Waals surface area contributed by atoms with Gasteiger partial charge in [0.15, 0.2) is 11.0 Å². The second-order valence-electron chi connectivity index (χ2n) is 3.33. The lowest BCUT2D eigenvalue weighted by Gasteiger charge is -2.05. The van der Waals surface area contributed by atoms with Gasteiger partial charge < -0.3 is 9.67 Å². The molecule has 0 saturated carbocycles. The van der Waals surface area contributed by atoms with Crippen molar-refractivity contribution in [2.75, 3.05) is 5.75 Å². The normalized spacial score (nSPS) is 10.8. The molecular formula is C10H10ClN3O2S2. The molecular weight excluding hydrogens is 294 g/mol. The van der Waals surface area contributed by atoms with Crippen molar-refractivity contribution < 1.29 is 9.90 Å². The molecule has 0 atom stereocenters. The molecule has 0 aliphatic carbocycles. The smallest absolute Gasteiger partial charge is 0.313 e. The zero-order valence-electron chi connectivity index (χ0n) is 9.46. The van der Waals surface area contributed by atoms with E-state index < -0.39 is 5.97 Å². The topological polar surface area (TPSA) is 68.0 Å². The van der Waals surface area contributed by atoms with Gasteiger partial charge in [0.05, 0.1) is 15.7 Å². The molecule has 0 amide bonds. The van der Waals surface area contributed by atoms with Gasteiger partial charge in [0.1, 0.15) is 0 Å². The number of carboxylic acid groups (broad SMARTS) is 1. The van der Waals surface area contributed by atoms with E-state index in [9.17, 15) is 4.79 Å². The van der Waals surface area contributed by atoms with Crippen LogP contribution in [0.5, 0.6) is 0 Å². The molecule has 0 aliphatic rings. The van der Waals surface area contributed by atoms with Gasteiger partial charge in [-0.3, -0.25) is 4.79 Å². The monoisotopic (exact) mass is 303 g/mol. The van der Waals surface area contributed by atoms with Gasteiger partial charge >= 0.3 is 5.97 Å². The fourth-order valence-electron chi connectivity index (χ4n) is 1.43. The van der Waals surface area contributed by atoms with Crippen LogP contribution in [0, 0.1) is 0 Å². The van der Waals surface area contributed by atoms with Crippen molar-refractivity contribution in [2.45, 2.75) is 18.6 Å². The standard InChI is InChI=1S/C10H10ClN3O2S2/c1-2-14-9(8-6(11)3-4-17-8)12-13-10(14)18-5-7(15)16/h3-4H,2,5H2,1H3,(H,15,16). The summed E-state index contributed by atoms with van der Waals surface area (Å²) in [5.74, 6) is -0.220. The number of thiophene rings is 1. The van der Waals surface area contributed by atoms with Crippen LogP contribution in [0.2, 0.25) is 5.02 Å². The van der Waals surface area contributed by atoms with Gasteiger partial charge in [0.2, 0.25) is 0 Å². The van der Waals surface area contributed by atoms with Crippen molar-refractivity contribution in [3.05, 3.63) is 16.5 Å². The van der Waals surface area contributed by atoms with E-state index in [-0.39, 0.29) is 5.75 Å². The Labute approximate surface area is 117 Å². The number of carboxylic acids is 1. The highest BCUT2D eigenvalue weighted by Crippen LogP contribution is 2.33. The Bertz CT molecular complexity index is 567. The van der Waals surface area contributed by atoms with E-state index in [1.165, 1.54) is 11.3 Å². The predicted molar refractivity (Wildman–Crippen MR) is 72.4 cm³/mol. The van der Waals surface area contributed by atoms with Crippen molar-refractivity contribution in [2.24, 2.45) is 0 Å². The first kappa shape index (κ1) is 13.4. The van der Waals surface area contributed by atoms with Crippen LogP contribution in [0.1, 0.15) is 6.92 Å². The van der Waals surface area contributed by atoms with Gasteiger partial charge in [-0.1, -0.05) is 23.4 Å². The molecule has 0 unspecified atom stereocenters. The molecule has 0 aliphatic heterocycles. The number of nitrogens with zero attached hydrogens (tertiary/aromatic N) is 3. The molecule has 0 bridgehead atoms. The summed E-state index contributed by atoms with van der Waals surface area (Å²) >= 11 is 8.71. The van der Waals surface area contributed by atoms with Crippen LogP contribution in [0.15, 0.2) is 16.6 Å². The van der Waals surface area contributed by atoms with Crippen LogP contribution in [-0.4, -0.2) is 31.6 Å². The Kier molecular flexibility index (Phi) is 4.26. The number of hydrogen-bond acceptors (Lipinski definition) is 5. The Hall–Kier alpha value is -1.05. The van der Waals surface area contributed by atoms with E-state index in [0.717, 1.165) is 16.6 Å². The van der Waals surface area contributed by atoms with Crippen LogP contribution in [-0.2, 0) is 11.3 Å². The summed E-state index contributed by atoms with van der Waals surface area (Å²) in [5.41, 5.74) is 0. The number of hydrogen-bond donors (Lipinski definition) is 1. The summed E-state index contributed by atoms with van der Waals surface area (Å²) in [6.07, 6.45) is 0. The zero-order chi connectivity index (χ0) is 13.1. The Morgan fingerprint density at radius 2 is 2.39 bits per heavy atom. The van der Waals surface area contributed by atoms with Crippen molar-refractivity contribution in [3.8, 4) is 10.7 Å². The maximum absolute atomic E-state index is 10.6. The third-order valence-corrected chi connectivity index (χ3v) is 4.47. The van der Waals surface area contributed by atoms with E-state index >= 15 is 0 Å². The third kappa shape index (κ3) is 2.68. The first-order chi connectivity index (χ1) is 8.63. The maximum atomic E-state index is 10.6. The molecule has 2 rings (SSSR count). The fraction of sp³-hybridized carbons (Fsp3) is 0.300. The zero-order valence-corrected chi connectivity index (χ0v) is 11.8. The molecule has 1 N–H and O–H groups in total. The fourth-order valence-corrected chi connectivity index (χ4v) is 3.28. The van der Waals surface area contributed by atoms with Crippen molar-refractivity contribution in [1.82, 2.24) is 14.8 Å². The Morgan fingerprint density at radius 3 is 2.94 bits per heavy atom. The van der Waals surface area contributed by atoms with E-state index in [2.05, 4.69) is 10.2 Å². The molecule has 8 heteroatoms. The predicted octanol–water partition coefficient (Wildman–Crippen LogP) is 2.86. The van der Waals surface area contributed by atoms with Gasteiger partial charge in [0, 0.05) is 6.54 Å². The average Bonchev–Trinajstić information content (AvgIpc) is 2.91. The summed E-state index contributed by atoms with van der Waals surface area (Å²) in [7, 11) is 0. The molecule has 0 spiro atoms. The van der Waals surface area contributed by atoms with Crippen LogP contribution >= 0.6 is 34.7 Å². The second-order valence-corrected chi connectivity index (χ2v) is 5.60. The molecule has 96 valence electrons. The van der Waals surface area contributed by atoms with E-state index in [1.807, 2.05) is 16.9 Å². The summed E-state index contributed by atoms with van der Waals surface area (Å²) in [6, 6.07) is 1.81. The Balaban J connectivity index is 2.33. The van der Waals surface area contributed by atoms with Gasteiger partial charge in [-0.05, 0) is 18.4 Å². The molecule has 2 aromatic heterocycles. The quantitative estimate of drug-likeness (QED) is 0.860. The molecule has 0 fully saturated rings. The summed E-state index contributed by atoms with van der Waals surface area (Å²) < 4.78 is 1.87. The van der Waals surface area contributed by atoms with Crippen LogP contribution < -0.4 is 0 Å². The number of carbonyl (C=O) groups is 1. The molecule has 0 radical (unpaired) electrons. The van der Waals surface area contributed by atoms with Crippen LogP contribution in [0.3, 0.4) is 0 Å². The number of rotatable bonds is 5. The number of aromatic nitrogens is 3. The van der Waals surface area contributed by atoms with E-state index in [1.54, 1.807) is 6.07 Å².